The number of aromatic nitrogens is 3. The Morgan fingerprint density at radius 3 is 2.67 bits per heavy atom. The zero-order chi connectivity index (χ0) is 17.1. The van der Waals surface area contributed by atoms with Gasteiger partial charge in [-0.2, -0.15) is 9.67 Å². The molecule has 9 heteroatoms. The Morgan fingerprint density at radius 2 is 2.04 bits per heavy atom. The number of thiophene rings is 1. The maximum Gasteiger partial charge on any atom is 0.291 e. The van der Waals surface area contributed by atoms with E-state index in [-0.39, 0.29) is 17.8 Å². The topological polar surface area (TPSA) is 97.9 Å². The molecule has 2 heterocycles. The number of rotatable bonds is 5. The summed E-state index contributed by atoms with van der Waals surface area (Å²) in [6.45, 7) is 1.88. The van der Waals surface area contributed by atoms with Crippen LogP contribution in [0.15, 0.2) is 40.6 Å². The molecule has 0 amide bonds. The van der Waals surface area contributed by atoms with E-state index in [0.717, 1.165) is 20.8 Å². The number of benzene rings is 1. The predicted molar refractivity (Wildman–Crippen MR) is 97.9 cm³/mol. The third kappa shape index (κ3) is 3.42. The molecule has 24 heavy (non-hydrogen) atoms. The van der Waals surface area contributed by atoms with Gasteiger partial charge in [0.2, 0.25) is 11.9 Å². The van der Waals surface area contributed by atoms with Crippen molar-refractivity contribution in [3.8, 4) is 0 Å². The number of nitrogens with two attached hydrogens (primary N) is 1. The minimum Gasteiger partial charge on any atom is -0.368 e. The van der Waals surface area contributed by atoms with Gasteiger partial charge in [-0.15, -0.1) is 16.4 Å². The van der Waals surface area contributed by atoms with Crippen molar-refractivity contribution in [2.75, 3.05) is 18.1 Å². The summed E-state index contributed by atoms with van der Waals surface area (Å²) in [5.41, 5.74) is 7.55. The third-order valence-corrected chi connectivity index (χ3v) is 4.93. The van der Waals surface area contributed by atoms with Gasteiger partial charge in [-0.1, -0.05) is 0 Å². The lowest BCUT2D eigenvalue weighted by Crippen LogP contribution is -2.16. The van der Waals surface area contributed by atoms with Crippen LogP contribution in [0.2, 0.25) is 0 Å². The number of nitrogens with zero attached hydrogens (tertiary/aromatic N) is 3. The quantitative estimate of drug-likeness (QED) is 0.602. The Labute approximate surface area is 147 Å². The van der Waals surface area contributed by atoms with E-state index in [2.05, 4.69) is 20.1 Å². The fraction of sp³-hybridized carbons (Fsp3) is 0.133. The van der Waals surface area contributed by atoms with Gasteiger partial charge in [0.1, 0.15) is 0 Å². The van der Waals surface area contributed by atoms with Crippen molar-refractivity contribution in [2.24, 2.45) is 0 Å². The van der Waals surface area contributed by atoms with Crippen LogP contribution in [0, 0.1) is 6.92 Å². The molecule has 0 aliphatic rings. The normalized spacial score (nSPS) is 10.8. The number of hydrogen-bond donors (Lipinski definition) is 3. The van der Waals surface area contributed by atoms with Gasteiger partial charge in [-0.05, 0) is 67.2 Å². The highest BCUT2D eigenvalue weighted by Gasteiger charge is 2.18. The Kier molecular flexibility index (Phi) is 4.84. The van der Waals surface area contributed by atoms with Gasteiger partial charge in [0.25, 0.3) is 5.91 Å². The lowest BCUT2D eigenvalue weighted by atomic mass is 10.3. The summed E-state index contributed by atoms with van der Waals surface area (Å²) in [6, 6.07) is 9.62. The first-order valence-corrected chi connectivity index (χ1v) is 8.80. The van der Waals surface area contributed by atoms with Gasteiger partial charge in [0.15, 0.2) is 0 Å². The van der Waals surface area contributed by atoms with Gasteiger partial charge < -0.3 is 11.1 Å². The third-order valence-electron chi connectivity index (χ3n) is 3.21. The first kappa shape index (κ1) is 16.5. The van der Waals surface area contributed by atoms with Crippen molar-refractivity contribution in [1.82, 2.24) is 19.5 Å². The number of aryl methyl sites for hydroxylation is 1. The summed E-state index contributed by atoms with van der Waals surface area (Å²) in [5.74, 6) is 0.0584. The molecule has 2 aromatic heterocycles. The molecule has 0 spiro atoms. The summed E-state index contributed by atoms with van der Waals surface area (Å²) in [5, 5.41) is 9.08. The van der Waals surface area contributed by atoms with Crippen LogP contribution in [-0.4, -0.2) is 27.7 Å². The minimum absolute atomic E-state index is 0.0534. The SMILES string of the molecule is CNSc1ccc(Nc2nc(N)n(C(=O)c3sccc3C)n2)cc1. The number of carbonyl (C=O) groups excluding carboxylic acids is 1. The Balaban J connectivity index is 1.79. The van der Waals surface area contributed by atoms with E-state index in [1.807, 2.05) is 49.7 Å². The fourth-order valence-corrected chi connectivity index (χ4v) is 3.43. The maximum atomic E-state index is 12.5. The number of hydrogen-bond acceptors (Lipinski definition) is 8. The molecule has 0 radical (unpaired) electrons. The largest absolute Gasteiger partial charge is 0.368 e. The van der Waals surface area contributed by atoms with E-state index < -0.39 is 0 Å². The van der Waals surface area contributed by atoms with E-state index >= 15 is 0 Å². The van der Waals surface area contributed by atoms with Crippen LogP contribution in [0.5, 0.6) is 0 Å². The second kappa shape index (κ2) is 7.04. The lowest BCUT2D eigenvalue weighted by molar-refractivity contribution is 0.0951. The van der Waals surface area contributed by atoms with Gasteiger partial charge in [-0.3, -0.25) is 9.52 Å². The zero-order valence-corrected chi connectivity index (χ0v) is 14.7. The van der Waals surface area contributed by atoms with Gasteiger partial charge in [0, 0.05) is 10.6 Å². The molecule has 0 saturated carbocycles. The highest BCUT2D eigenvalue weighted by atomic mass is 32.2. The van der Waals surface area contributed by atoms with Crippen LogP contribution < -0.4 is 15.8 Å². The highest BCUT2D eigenvalue weighted by Crippen LogP contribution is 2.21. The standard InChI is InChI=1S/C15H16N6OS2/c1-9-7-8-23-12(9)13(22)21-14(16)19-15(20-21)18-10-3-5-11(6-4-10)24-17-2/h3-8,17H,1-2H3,(H3,16,18,19,20). The average Bonchev–Trinajstić information content (AvgIpc) is 3.15. The van der Waals surface area contributed by atoms with Crippen LogP contribution in [0.25, 0.3) is 0 Å². The molecular formula is C15H16N6OS2. The first-order chi connectivity index (χ1) is 11.6. The van der Waals surface area contributed by atoms with E-state index in [0.29, 0.717) is 4.88 Å². The Bertz CT molecular complexity index is 855. The molecule has 0 aliphatic heterocycles. The summed E-state index contributed by atoms with van der Waals surface area (Å²) >= 11 is 2.88. The molecule has 0 atom stereocenters. The molecule has 1 aromatic carbocycles. The lowest BCUT2D eigenvalue weighted by Gasteiger charge is -2.03. The fourth-order valence-electron chi connectivity index (χ4n) is 2.07. The number of carbonyl (C=O) groups is 1. The molecule has 3 aromatic rings. The number of anilines is 3. The second-order valence-corrected chi connectivity index (χ2v) is 6.90. The molecule has 0 saturated heterocycles. The number of nitrogen functional groups attached to an aromatic ring is 1. The van der Waals surface area contributed by atoms with E-state index in [1.54, 1.807) is 0 Å². The van der Waals surface area contributed by atoms with Crippen molar-refractivity contribution < 1.29 is 4.79 Å². The van der Waals surface area contributed by atoms with E-state index in [9.17, 15) is 4.79 Å². The molecule has 7 nitrogen and oxygen atoms in total. The summed E-state index contributed by atoms with van der Waals surface area (Å²) < 4.78 is 4.13. The van der Waals surface area contributed by atoms with Crippen molar-refractivity contribution >= 4 is 46.8 Å². The highest BCUT2D eigenvalue weighted by molar-refractivity contribution is 7.97. The molecule has 0 unspecified atom stereocenters. The zero-order valence-electron chi connectivity index (χ0n) is 13.1. The van der Waals surface area contributed by atoms with E-state index in [4.69, 9.17) is 5.73 Å². The maximum absolute atomic E-state index is 12.5. The minimum atomic E-state index is -0.277. The molecule has 0 fully saturated rings. The van der Waals surface area contributed by atoms with Crippen LogP contribution in [-0.2, 0) is 0 Å². The molecule has 124 valence electrons. The predicted octanol–water partition coefficient (Wildman–Crippen LogP) is 2.89. The van der Waals surface area contributed by atoms with Gasteiger partial charge >= 0.3 is 0 Å². The van der Waals surface area contributed by atoms with Crippen LogP contribution >= 0.6 is 23.3 Å². The smallest absolute Gasteiger partial charge is 0.291 e. The summed E-state index contributed by atoms with van der Waals surface area (Å²) in [4.78, 5) is 18.3. The molecule has 0 aliphatic carbocycles. The number of nitrogens with one attached hydrogen (secondary N) is 2. The van der Waals surface area contributed by atoms with Gasteiger partial charge in [-0.25, -0.2) is 0 Å². The molecular weight excluding hydrogens is 344 g/mol. The first-order valence-electron chi connectivity index (χ1n) is 7.10. The molecule has 3 rings (SSSR count). The van der Waals surface area contributed by atoms with Crippen LogP contribution in [0.3, 0.4) is 0 Å². The van der Waals surface area contributed by atoms with Crippen molar-refractivity contribution in [2.45, 2.75) is 11.8 Å². The van der Waals surface area contributed by atoms with Crippen LogP contribution in [0.1, 0.15) is 15.2 Å². The average molecular weight is 360 g/mol. The summed E-state index contributed by atoms with van der Waals surface area (Å²) in [6.07, 6.45) is 0. The van der Waals surface area contributed by atoms with Crippen molar-refractivity contribution in [3.05, 3.63) is 46.2 Å². The van der Waals surface area contributed by atoms with Crippen molar-refractivity contribution in [3.63, 3.8) is 0 Å². The summed E-state index contributed by atoms with van der Waals surface area (Å²) in [7, 11) is 1.86. The molecule has 4 N–H and O–H groups in total. The second-order valence-electron chi connectivity index (χ2n) is 4.90. The van der Waals surface area contributed by atoms with Gasteiger partial charge in [0.05, 0.1) is 4.88 Å². The molecule has 0 bridgehead atoms. The van der Waals surface area contributed by atoms with E-state index in [1.165, 1.54) is 23.3 Å². The van der Waals surface area contributed by atoms with Crippen molar-refractivity contribution in [1.29, 1.82) is 0 Å². The van der Waals surface area contributed by atoms with Crippen LogP contribution in [0.4, 0.5) is 17.6 Å². The Hall–Kier alpha value is -2.36. The monoisotopic (exact) mass is 360 g/mol. The Morgan fingerprint density at radius 1 is 1.29 bits per heavy atom.